The standard InChI is InChI=1S/C21H21F6NO/c22-20(23,24)15-10-13(11-16(12-15)21(25,26)27)8-9-29-18-7-6-17(28)19(18)14-4-2-1-3-5-14/h1-5,10-12,17-19H,6-9,28H2/t17-,18+,19+/m1/s1. The van der Waals surface area contributed by atoms with Crippen LogP contribution in [0.5, 0.6) is 0 Å². The van der Waals surface area contributed by atoms with Gasteiger partial charge in [0.1, 0.15) is 0 Å². The second-order valence-corrected chi connectivity index (χ2v) is 7.25. The predicted molar refractivity (Wildman–Crippen MR) is 96.3 cm³/mol. The second kappa shape index (κ2) is 8.36. The zero-order chi connectivity index (χ0) is 21.2. The van der Waals surface area contributed by atoms with Crippen LogP contribution in [-0.4, -0.2) is 18.8 Å². The van der Waals surface area contributed by atoms with Gasteiger partial charge in [0, 0.05) is 12.0 Å². The second-order valence-electron chi connectivity index (χ2n) is 7.25. The lowest BCUT2D eigenvalue weighted by Crippen LogP contribution is -2.29. The highest BCUT2D eigenvalue weighted by atomic mass is 19.4. The molecule has 0 aromatic heterocycles. The van der Waals surface area contributed by atoms with Crippen LogP contribution in [0.25, 0.3) is 0 Å². The van der Waals surface area contributed by atoms with E-state index in [1.165, 1.54) is 0 Å². The van der Waals surface area contributed by atoms with E-state index < -0.39 is 23.5 Å². The van der Waals surface area contributed by atoms with E-state index in [-0.39, 0.29) is 42.7 Å². The number of rotatable bonds is 5. The Balaban J connectivity index is 1.71. The van der Waals surface area contributed by atoms with Crippen molar-refractivity contribution in [3.63, 3.8) is 0 Å². The summed E-state index contributed by atoms with van der Waals surface area (Å²) in [5.74, 6) is -0.0524. The molecule has 3 atom stereocenters. The lowest BCUT2D eigenvalue weighted by Gasteiger charge is -2.24. The van der Waals surface area contributed by atoms with Crippen molar-refractivity contribution >= 4 is 0 Å². The van der Waals surface area contributed by atoms with Crippen LogP contribution < -0.4 is 5.73 Å². The lowest BCUT2D eigenvalue weighted by atomic mass is 9.93. The van der Waals surface area contributed by atoms with E-state index in [1.807, 2.05) is 30.3 Å². The van der Waals surface area contributed by atoms with E-state index in [4.69, 9.17) is 10.5 Å². The van der Waals surface area contributed by atoms with Crippen LogP contribution in [0.1, 0.15) is 41.0 Å². The molecule has 0 heterocycles. The van der Waals surface area contributed by atoms with Gasteiger partial charge >= 0.3 is 12.4 Å². The number of hydrogen-bond acceptors (Lipinski definition) is 2. The third kappa shape index (κ3) is 5.30. The van der Waals surface area contributed by atoms with Gasteiger partial charge in [-0.1, -0.05) is 30.3 Å². The molecule has 0 bridgehead atoms. The Hall–Kier alpha value is -2.06. The summed E-state index contributed by atoms with van der Waals surface area (Å²) in [6.07, 6.45) is -8.55. The third-order valence-corrected chi connectivity index (χ3v) is 5.20. The normalized spacial score (nSPS) is 22.8. The van der Waals surface area contributed by atoms with Gasteiger partial charge in [0.2, 0.25) is 0 Å². The lowest BCUT2D eigenvalue weighted by molar-refractivity contribution is -0.143. The maximum atomic E-state index is 13.0. The molecule has 0 radical (unpaired) electrons. The summed E-state index contributed by atoms with van der Waals surface area (Å²) in [4.78, 5) is 0. The van der Waals surface area contributed by atoms with E-state index in [2.05, 4.69) is 0 Å². The van der Waals surface area contributed by atoms with Crippen molar-refractivity contribution in [1.82, 2.24) is 0 Å². The fourth-order valence-electron chi connectivity index (χ4n) is 3.81. The van der Waals surface area contributed by atoms with Gasteiger partial charge < -0.3 is 10.5 Å². The molecule has 2 nitrogen and oxygen atoms in total. The minimum absolute atomic E-state index is 0.0132. The first-order chi connectivity index (χ1) is 13.6. The zero-order valence-electron chi connectivity index (χ0n) is 15.4. The topological polar surface area (TPSA) is 35.2 Å². The average Bonchev–Trinajstić information content (AvgIpc) is 3.01. The molecule has 0 spiro atoms. The molecule has 0 unspecified atom stereocenters. The summed E-state index contributed by atoms with van der Waals surface area (Å²) < 4.78 is 83.7. The molecular weight excluding hydrogens is 396 g/mol. The maximum absolute atomic E-state index is 13.0. The quantitative estimate of drug-likeness (QED) is 0.647. The Morgan fingerprint density at radius 2 is 1.45 bits per heavy atom. The molecule has 0 aliphatic heterocycles. The largest absolute Gasteiger partial charge is 0.416 e. The SMILES string of the molecule is N[C@@H]1CC[C@H](OCCc2cc(C(F)(F)F)cc(C(F)(F)F)c2)[C@H]1c1ccccc1. The van der Waals surface area contributed by atoms with Gasteiger partial charge in [0.15, 0.2) is 0 Å². The van der Waals surface area contributed by atoms with Crippen molar-refractivity contribution in [3.8, 4) is 0 Å². The molecule has 2 aromatic carbocycles. The highest BCUT2D eigenvalue weighted by Crippen LogP contribution is 2.38. The summed E-state index contributed by atoms with van der Waals surface area (Å²) >= 11 is 0. The first-order valence-corrected chi connectivity index (χ1v) is 9.26. The van der Waals surface area contributed by atoms with Crippen LogP contribution in [-0.2, 0) is 23.5 Å². The Labute approximate surface area is 164 Å². The van der Waals surface area contributed by atoms with E-state index in [0.717, 1.165) is 24.1 Å². The monoisotopic (exact) mass is 417 g/mol. The van der Waals surface area contributed by atoms with Gasteiger partial charge in [-0.15, -0.1) is 0 Å². The van der Waals surface area contributed by atoms with Gasteiger partial charge in [0.05, 0.1) is 23.8 Å². The zero-order valence-corrected chi connectivity index (χ0v) is 15.4. The molecule has 0 saturated heterocycles. The fourth-order valence-corrected chi connectivity index (χ4v) is 3.81. The Morgan fingerprint density at radius 1 is 0.862 bits per heavy atom. The van der Waals surface area contributed by atoms with Crippen molar-refractivity contribution in [2.45, 2.75) is 49.7 Å². The molecule has 2 aromatic rings. The fraction of sp³-hybridized carbons (Fsp3) is 0.429. The molecule has 3 rings (SSSR count). The molecule has 1 aliphatic carbocycles. The van der Waals surface area contributed by atoms with Crippen LogP contribution in [0.3, 0.4) is 0 Å². The Kier molecular flexibility index (Phi) is 6.24. The first-order valence-electron chi connectivity index (χ1n) is 9.26. The summed E-state index contributed by atoms with van der Waals surface area (Å²) in [5, 5.41) is 0. The summed E-state index contributed by atoms with van der Waals surface area (Å²) in [6.45, 7) is 0.0132. The van der Waals surface area contributed by atoms with Crippen molar-refractivity contribution in [2.24, 2.45) is 5.73 Å². The van der Waals surface area contributed by atoms with E-state index in [9.17, 15) is 26.3 Å². The van der Waals surface area contributed by atoms with Gasteiger partial charge in [0.25, 0.3) is 0 Å². The highest BCUT2D eigenvalue weighted by Gasteiger charge is 2.37. The minimum atomic E-state index is -4.85. The number of halogens is 6. The number of ether oxygens (including phenoxy) is 1. The molecule has 1 saturated carbocycles. The number of nitrogens with two attached hydrogens (primary N) is 1. The summed E-state index contributed by atoms with van der Waals surface area (Å²) in [7, 11) is 0. The summed E-state index contributed by atoms with van der Waals surface area (Å²) in [6, 6.07) is 11.0. The minimum Gasteiger partial charge on any atom is -0.377 e. The van der Waals surface area contributed by atoms with Crippen LogP contribution >= 0.6 is 0 Å². The van der Waals surface area contributed by atoms with E-state index in [0.29, 0.717) is 6.42 Å². The van der Waals surface area contributed by atoms with Gasteiger partial charge in [-0.05, 0) is 48.6 Å². The van der Waals surface area contributed by atoms with Crippen LogP contribution in [0.4, 0.5) is 26.3 Å². The molecule has 158 valence electrons. The predicted octanol–water partition coefficient (Wildman–Crippen LogP) is 5.56. The number of benzene rings is 2. The summed E-state index contributed by atoms with van der Waals surface area (Å²) in [5.41, 5.74) is 4.52. The highest BCUT2D eigenvalue weighted by molar-refractivity contribution is 5.34. The smallest absolute Gasteiger partial charge is 0.377 e. The maximum Gasteiger partial charge on any atom is 0.416 e. The van der Waals surface area contributed by atoms with Crippen molar-refractivity contribution in [2.75, 3.05) is 6.61 Å². The van der Waals surface area contributed by atoms with Gasteiger partial charge in [-0.2, -0.15) is 26.3 Å². The molecule has 1 fully saturated rings. The Morgan fingerprint density at radius 3 is 2.00 bits per heavy atom. The van der Waals surface area contributed by atoms with Crippen LogP contribution in [0, 0.1) is 0 Å². The molecule has 1 aliphatic rings. The third-order valence-electron chi connectivity index (χ3n) is 5.20. The Bertz CT molecular complexity index is 786. The average molecular weight is 417 g/mol. The molecule has 0 amide bonds. The van der Waals surface area contributed by atoms with Crippen LogP contribution in [0.2, 0.25) is 0 Å². The van der Waals surface area contributed by atoms with E-state index >= 15 is 0 Å². The number of hydrogen-bond donors (Lipinski definition) is 1. The van der Waals surface area contributed by atoms with Crippen molar-refractivity contribution in [1.29, 1.82) is 0 Å². The van der Waals surface area contributed by atoms with Gasteiger partial charge in [-0.3, -0.25) is 0 Å². The van der Waals surface area contributed by atoms with Crippen molar-refractivity contribution in [3.05, 3.63) is 70.8 Å². The number of alkyl halides is 6. The first kappa shape index (κ1) is 21.6. The van der Waals surface area contributed by atoms with Gasteiger partial charge in [-0.25, -0.2) is 0 Å². The molecule has 8 heteroatoms. The van der Waals surface area contributed by atoms with Crippen molar-refractivity contribution < 1.29 is 31.1 Å². The molecular formula is C21H21F6NO. The molecule has 29 heavy (non-hydrogen) atoms. The van der Waals surface area contributed by atoms with E-state index in [1.54, 1.807) is 0 Å². The van der Waals surface area contributed by atoms with Crippen LogP contribution in [0.15, 0.2) is 48.5 Å². The molecule has 2 N–H and O–H groups in total.